The van der Waals surface area contributed by atoms with Crippen molar-refractivity contribution in [2.75, 3.05) is 13.1 Å². The number of hydrogen-bond acceptors (Lipinski definition) is 2. The molecule has 0 bridgehead atoms. The van der Waals surface area contributed by atoms with Crippen LogP contribution in [0.25, 0.3) is 0 Å². The Hall–Kier alpha value is -1.06. The Kier molecular flexibility index (Phi) is 7.76. The Morgan fingerprint density at radius 2 is 1.48 bits per heavy atom. The molecule has 1 fully saturated rings. The monoisotopic (exact) mass is 296 g/mol. The van der Waals surface area contributed by atoms with Gasteiger partial charge in [0.05, 0.1) is 0 Å². The second kappa shape index (κ2) is 9.06. The number of carbonyl (C=O) groups excluding carboxylic acids is 2. The first kappa shape index (κ1) is 18.0. The van der Waals surface area contributed by atoms with Crippen LogP contribution in [0, 0.1) is 11.8 Å². The van der Waals surface area contributed by atoms with Crippen LogP contribution in [0.5, 0.6) is 0 Å². The number of nitrogens with zero attached hydrogens (tertiary/aromatic N) is 1. The maximum Gasteiger partial charge on any atom is 0.225 e. The average molecular weight is 296 g/mol. The molecule has 0 radical (unpaired) electrons. The summed E-state index contributed by atoms with van der Waals surface area (Å²) in [6.07, 6.45) is 5.44. The summed E-state index contributed by atoms with van der Waals surface area (Å²) in [5, 5.41) is 2.99. The lowest BCUT2D eigenvalue weighted by atomic mass is 9.80. The van der Waals surface area contributed by atoms with Gasteiger partial charge in [0.1, 0.15) is 0 Å². The van der Waals surface area contributed by atoms with Gasteiger partial charge in [-0.15, -0.1) is 0 Å². The zero-order valence-electron chi connectivity index (χ0n) is 14.2. The molecule has 4 nitrogen and oxygen atoms in total. The minimum absolute atomic E-state index is 0.0993. The maximum atomic E-state index is 12.6. The van der Waals surface area contributed by atoms with Crippen molar-refractivity contribution in [1.82, 2.24) is 10.2 Å². The predicted octanol–water partition coefficient (Wildman–Crippen LogP) is 2.97. The Morgan fingerprint density at radius 1 is 1.00 bits per heavy atom. The summed E-state index contributed by atoms with van der Waals surface area (Å²) in [6.45, 7) is 9.92. The third-order valence-corrected chi connectivity index (χ3v) is 4.18. The van der Waals surface area contributed by atoms with Gasteiger partial charge in [-0.2, -0.15) is 0 Å². The molecule has 2 amide bonds. The largest absolute Gasteiger partial charge is 0.354 e. The van der Waals surface area contributed by atoms with Gasteiger partial charge in [-0.05, 0) is 52.4 Å². The van der Waals surface area contributed by atoms with E-state index in [1.807, 2.05) is 18.7 Å². The van der Waals surface area contributed by atoms with Gasteiger partial charge in [0.15, 0.2) is 0 Å². The molecule has 1 saturated carbocycles. The maximum absolute atomic E-state index is 12.6. The van der Waals surface area contributed by atoms with E-state index in [1.165, 1.54) is 0 Å². The fraction of sp³-hybridized carbons (Fsp3) is 0.882. The van der Waals surface area contributed by atoms with Crippen molar-refractivity contribution in [2.24, 2.45) is 11.8 Å². The highest BCUT2D eigenvalue weighted by Crippen LogP contribution is 2.30. The number of rotatable bonds is 7. The summed E-state index contributed by atoms with van der Waals surface area (Å²) in [5.41, 5.74) is 0. The first-order valence-corrected chi connectivity index (χ1v) is 8.58. The van der Waals surface area contributed by atoms with Crippen molar-refractivity contribution < 1.29 is 9.59 Å². The molecule has 0 spiro atoms. The molecule has 1 aliphatic carbocycles. The fourth-order valence-corrected chi connectivity index (χ4v) is 3.14. The zero-order valence-corrected chi connectivity index (χ0v) is 14.2. The standard InChI is InChI=1S/C17H32N2O2/c1-5-11-19(12-6-2)17(21)15-9-7-14(8-10-15)16(20)18-13(3)4/h13-15H,5-12H2,1-4H3,(H,18,20). The van der Waals surface area contributed by atoms with Crippen LogP contribution in [0.1, 0.15) is 66.2 Å². The van der Waals surface area contributed by atoms with Crippen LogP contribution in [-0.2, 0) is 9.59 Å². The van der Waals surface area contributed by atoms with Gasteiger partial charge in [0, 0.05) is 31.0 Å². The highest BCUT2D eigenvalue weighted by atomic mass is 16.2. The average Bonchev–Trinajstić information content (AvgIpc) is 2.46. The van der Waals surface area contributed by atoms with Gasteiger partial charge in [0.25, 0.3) is 0 Å². The van der Waals surface area contributed by atoms with Crippen LogP contribution in [0.2, 0.25) is 0 Å². The van der Waals surface area contributed by atoms with E-state index >= 15 is 0 Å². The van der Waals surface area contributed by atoms with Crippen LogP contribution in [0.3, 0.4) is 0 Å². The Labute approximate surface area is 129 Å². The summed E-state index contributed by atoms with van der Waals surface area (Å²) in [7, 11) is 0. The molecule has 1 N–H and O–H groups in total. The number of hydrogen-bond donors (Lipinski definition) is 1. The van der Waals surface area contributed by atoms with Crippen molar-refractivity contribution in [3.05, 3.63) is 0 Å². The van der Waals surface area contributed by atoms with E-state index in [0.29, 0.717) is 5.91 Å². The normalized spacial score (nSPS) is 22.1. The topological polar surface area (TPSA) is 49.4 Å². The Morgan fingerprint density at radius 3 is 1.90 bits per heavy atom. The van der Waals surface area contributed by atoms with E-state index in [9.17, 15) is 9.59 Å². The molecular formula is C17H32N2O2. The van der Waals surface area contributed by atoms with Crippen molar-refractivity contribution >= 4 is 11.8 Å². The minimum Gasteiger partial charge on any atom is -0.354 e. The van der Waals surface area contributed by atoms with Crippen LogP contribution < -0.4 is 5.32 Å². The van der Waals surface area contributed by atoms with E-state index in [2.05, 4.69) is 19.2 Å². The number of carbonyl (C=O) groups is 2. The minimum atomic E-state index is 0.0993. The van der Waals surface area contributed by atoms with E-state index in [1.54, 1.807) is 0 Å². The molecular weight excluding hydrogens is 264 g/mol. The highest BCUT2D eigenvalue weighted by Gasteiger charge is 2.31. The second-order valence-corrected chi connectivity index (χ2v) is 6.54. The number of nitrogens with one attached hydrogen (secondary N) is 1. The lowest BCUT2D eigenvalue weighted by molar-refractivity contribution is -0.138. The molecule has 122 valence electrons. The molecule has 0 aliphatic heterocycles. The molecule has 0 atom stereocenters. The van der Waals surface area contributed by atoms with Crippen molar-refractivity contribution in [1.29, 1.82) is 0 Å². The third kappa shape index (κ3) is 5.68. The SMILES string of the molecule is CCCN(CCC)C(=O)C1CCC(C(=O)NC(C)C)CC1. The second-order valence-electron chi connectivity index (χ2n) is 6.54. The van der Waals surface area contributed by atoms with E-state index in [-0.39, 0.29) is 23.8 Å². The Bertz CT molecular complexity index is 328. The number of amides is 2. The van der Waals surface area contributed by atoms with Crippen LogP contribution >= 0.6 is 0 Å². The summed E-state index contributed by atoms with van der Waals surface area (Å²) >= 11 is 0. The summed E-state index contributed by atoms with van der Waals surface area (Å²) in [4.78, 5) is 26.6. The lowest BCUT2D eigenvalue weighted by Gasteiger charge is -2.31. The molecule has 1 aliphatic rings. The molecule has 1 rings (SSSR count). The van der Waals surface area contributed by atoms with E-state index < -0.39 is 0 Å². The molecule has 0 unspecified atom stereocenters. The van der Waals surface area contributed by atoms with Crippen LogP contribution in [0.4, 0.5) is 0 Å². The summed E-state index contributed by atoms with van der Waals surface area (Å²) < 4.78 is 0. The van der Waals surface area contributed by atoms with Crippen molar-refractivity contribution in [3.8, 4) is 0 Å². The first-order valence-electron chi connectivity index (χ1n) is 8.58. The third-order valence-electron chi connectivity index (χ3n) is 4.18. The van der Waals surface area contributed by atoms with E-state index in [0.717, 1.165) is 51.6 Å². The highest BCUT2D eigenvalue weighted by molar-refractivity contribution is 5.81. The van der Waals surface area contributed by atoms with Crippen LogP contribution in [0.15, 0.2) is 0 Å². The molecule has 0 aromatic rings. The smallest absolute Gasteiger partial charge is 0.225 e. The van der Waals surface area contributed by atoms with Crippen LogP contribution in [-0.4, -0.2) is 35.8 Å². The summed E-state index contributed by atoms with van der Waals surface area (Å²) in [6, 6.07) is 0.196. The zero-order chi connectivity index (χ0) is 15.8. The van der Waals surface area contributed by atoms with Crippen molar-refractivity contribution in [3.63, 3.8) is 0 Å². The van der Waals surface area contributed by atoms with Gasteiger partial charge in [-0.25, -0.2) is 0 Å². The Balaban J connectivity index is 2.47. The van der Waals surface area contributed by atoms with Crippen molar-refractivity contribution in [2.45, 2.75) is 72.3 Å². The quantitative estimate of drug-likeness (QED) is 0.785. The molecule has 0 aromatic heterocycles. The van der Waals surface area contributed by atoms with Gasteiger partial charge < -0.3 is 10.2 Å². The molecule has 21 heavy (non-hydrogen) atoms. The van der Waals surface area contributed by atoms with Gasteiger partial charge in [-0.3, -0.25) is 9.59 Å². The fourth-order valence-electron chi connectivity index (χ4n) is 3.14. The molecule has 4 heteroatoms. The first-order chi connectivity index (χ1) is 9.99. The summed E-state index contributed by atoms with van der Waals surface area (Å²) in [5.74, 6) is 0.699. The van der Waals surface area contributed by atoms with Gasteiger partial charge in [-0.1, -0.05) is 13.8 Å². The lowest BCUT2D eigenvalue weighted by Crippen LogP contribution is -2.41. The molecule has 0 aromatic carbocycles. The van der Waals surface area contributed by atoms with Gasteiger partial charge >= 0.3 is 0 Å². The predicted molar refractivity (Wildman–Crippen MR) is 85.9 cm³/mol. The van der Waals surface area contributed by atoms with E-state index in [4.69, 9.17) is 0 Å². The van der Waals surface area contributed by atoms with Gasteiger partial charge in [0.2, 0.25) is 11.8 Å². The molecule has 0 heterocycles. The molecule has 0 saturated heterocycles.